The summed E-state index contributed by atoms with van der Waals surface area (Å²) in [6.45, 7) is 2.87. The predicted octanol–water partition coefficient (Wildman–Crippen LogP) is 1.89. The maximum Gasteiger partial charge on any atom is 0.114 e. The molecule has 2 nitrogen and oxygen atoms in total. The van der Waals surface area contributed by atoms with Gasteiger partial charge in [0.15, 0.2) is 0 Å². The number of hydrogen-bond donors (Lipinski definition) is 0. The second-order valence-electron chi connectivity index (χ2n) is 3.55. The molecular weight excluding hydrogens is 202 g/mol. The van der Waals surface area contributed by atoms with E-state index in [-0.39, 0.29) is 4.87 Å². The van der Waals surface area contributed by atoms with Crippen LogP contribution in [0.5, 0.6) is 0 Å². The number of rotatable bonds is 2. The van der Waals surface area contributed by atoms with E-state index < -0.39 is 0 Å². The highest BCUT2D eigenvalue weighted by molar-refractivity contribution is 8.02. The van der Waals surface area contributed by atoms with E-state index in [1.165, 1.54) is 0 Å². The Morgan fingerprint density at radius 3 is 2.92 bits per heavy atom. The van der Waals surface area contributed by atoms with Crippen LogP contribution in [-0.2, 0) is 4.74 Å². The van der Waals surface area contributed by atoms with Gasteiger partial charge in [-0.1, -0.05) is 12.2 Å². The summed E-state index contributed by atoms with van der Waals surface area (Å²) in [5.41, 5.74) is 0. The van der Waals surface area contributed by atoms with Crippen LogP contribution in [0.4, 0.5) is 0 Å². The lowest BCUT2D eigenvalue weighted by Crippen LogP contribution is -2.59. The molecule has 2 saturated heterocycles. The molecule has 1 spiro atoms. The van der Waals surface area contributed by atoms with Crippen molar-refractivity contribution in [2.75, 3.05) is 19.4 Å². The van der Waals surface area contributed by atoms with E-state index in [1.807, 2.05) is 11.8 Å². The van der Waals surface area contributed by atoms with Gasteiger partial charge in [0, 0.05) is 25.8 Å². The van der Waals surface area contributed by atoms with Gasteiger partial charge in [-0.15, -0.1) is 11.8 Å². The normalized spacial score (nSPS) is 38.5. The van der Waals surface area contributed by atoms with Crippen LogP contribution in [0.2, 0.25) is 0 Å². The zero-order valence-corrected chi connectivity index (χ0v) is 9.71. The third kappa shape index (κ3) is 1.30. The highest BCUT2D eigenvalue weighted by atomic mass is 32.2. The molecule has 0 bridgehead atoms. The average Bonchev–Trinajstić information content (AvgIpc) is 2.41. The average molecular weight is 217 g/mol. The van der Waals surface area contributed by atoms with E-state index in [0.29, 0.717) is 6.10 Å². The van der Waals surface area contributed by atoms with Crippen LogP contribution in [0.15, 0.2) is 0 Å². The molecule has 0 saturated carbocycles. The van der Waals surface area contributed by atoms with Crippen LogP contribution in [0.25, 0.3) is 0 Å². The molecule has 2 heterocycles. The molecule has 2 fully saturated rings. The molecule has 74 valence electrons. The van der Waals surface area contributed by atoms with E-state index in [9.17, 15) is 0 Å². The summed E-state index contributed by atoms with van der Waals surface area (Å²) in [5, 5.41) is 0. The minimum atomic E-state index is 0.201. The Kier molecular flexibility index (Phi) is 2.55. The summed E-state index contributed by atoms with van der Waals surface area (Å²) < 4.78 is 5.71. The smallest absolute Gasteiger partial charge is 0.114 e. The first-order chi connectivity index (χ1) is 6.20. The van der Waals surface area contributed by atoms with Crippen LogP contribution in [0, 0.1) is 0 Å². The third-order valence-corrected chi connectivity index (χ3v) is 5.18. The number of likely N-dealkylation sites (N-methyl/N-ethyl adjacent to an activating group) is 1. The molecule has 2 unspecified atom stereocenters. The largest absolute Gasteiger partial charge is 0.374 e. The van der Waals surface area contributed by atoms with E-state index in [2.05, 4.69) is 18.9 Å². The quantitative estimate of drug-likeness (QED) is 0.655. The van der Waals surface area contributed by atoms with Crippen molar-refractivity contribution in [2.24, 2.45) is 0 Å². The molecule has 2 aliphatic heterocycles. The fourth-order valence-corrected chi connectivity index (χ4v) is 3.83. The summed E-state index contributed by atoms with van der Waals surface area (Å²) in [5.74, 6) is 1.13. The van der Waals surface area contributed by atoms with E-state index in [1.54, 1.807) is 0 Å². The number of ether oxygens (including phenoxy) is 1. The fraction of sp³-hybridized carbons (Fsp3) is 0.889. The molecule has 2 rings (SSSR count). The summed E-state index contributed by atoms with van der Waals surface area (Å²) in [7, 11) is 2.10. The molecule has 0 radical (unpaired) electrons. The van der Waals surface area contributed by atoms with Gasteiger partial charge in [0.25, 0.3) is 0 Å². The topological polar surface area (TPSA) is 12.5 Å². The van der Waals surface area contributed by atoms with Gasteiger partial charge in [-0.2, -0.15) is 0 Å². The van der Waals surface area contributed by atoms with Crippen LogP contribution >= 0.6 is 24.0 Å². The lowest BCUT2D eigenvalue weighted by molar-refractivity contribution is 0.00754. The maximum absolute atomic E-state index is 5.71. The zero-order chi connectivity index (χ0) is 9.47. The van der Waals surface area contributed by atoms with Crippen molar-refractivity contribution in [3.63, 3.8) is 0 Å². The molecule has 0 N–H and O–H groups in total. The number of nitrogens with zero attached hydrogens (tertiary/aromatic N) is 1. The summed E-state index contributed by atoms with van der Waals surface area (Å²) >= 11 is 7.27. The van der Waals surface area contributed by atoms with Crippen molar-refractivity contribution in [3.8, 4) is 0 Å². The van der Waals surface area contributed by atoms with Gasteiger partial charge in [-0.25, -0.2) is 0 Å². The molecule has 0 aliphatic carbocycles. The molecule has 0 amide bonds. The van der Waals surface area contributed by atoms with Crippen molar-refractivity contribution < 1.29 is 4.74 Å². The number of thioether (sulfide) groups is 1. The molecule has 0 aromatic carbocycles. The standard InChI is InChI=1S/C9H15NOS2/c1-3-11-7-6-13-9(7)5-4-8(12)10(9)2/h7H,3-6H2,1-2H3. The Balaban J connectivity index is 2.08. The Bertz CT molecular complexity index is 234. The van der Waals surface area contributed by atoms with Crippen molar-refractivity contribution in [2.45, 2.75) is 30.7 Å². The van der Waals surface area contributed by atoms with Crippen LogP contribution in [-0.4, -0.2) is 40.3 Å². The van der Waals surface area contributed by atoms with E-state index in [4.69, 9.17) is 17.0 Å². The number of likely N-dealkylation sites (tertiary alicyclic amines) is 1. The maximum atomic E-state index is 5.71. The van der Waals surface area contributed by atoms with E-state index >= 15 is 0 Å². The summed E-state index contributed by atoms with van der Waals surface area (Å²) in [4.78, 5) is 3.54. The van der Waals surface area contributed by atoms with Gasteiger partial charge < -0.3 is 9.64 Å². The molecule has 2 atom stereocenters. The van der Waals surface area contributed by atoms with Gasteiger partial charge in [0.05, 0.1) is 11.1 Å². The van der Waals surface area contributed by atoms with Crippen molar-refractivity contribution in [1.82, 2.24) is 4.90 Å². The van der Waals surface area contributed by atoms with Gasteiger partial charge in [-0.3, -0.25) is 0 Å². The highest BCUT2D eigenvalue weighted by Gasteiger charge is 2.55. The van der Waals surface area contributed by atoms with Gasteiger partial charge in [0.2, 0.25) is 0 Å². The molecular formula is C9H15NOS2. The summed E-state index contributed by atoms with van der Waals surface area (Å²) in [6.07, 6.45) is 2.62. The first-order valence-corrected chi connectivity index (χ1v) is 6.12. The second kappa shape index (κ2) is 3.41. The first kappa shape index (κ1) is 9.74. The minimum Gasteiger partial charge on any atom is -0.374 e. The minimum absolute atomic E-state index is 0.201. The van der Waals surface area contributed by atoms with Crippen molar-refractivity contribution in [1.29, 1.82) is 0 Å². The number of hydrogen-bond acceptors (Lipinski definition) is 3. The van der Waals surface area contributed by atoms with Gasteiger partial charge >= 0.3 is 0 Å². The van der Waals surface area contributed by atoms with Crippen LogP contribution in [0.3, 0.4) is 0 Å². The molecule has 13 heavy (non-hydrogen) atoms. The number of thiocarbonyl (C=S) groups is 1. The van der Waals surface area contributed by atoms with Gasteiger partial charge in [0.1, 0.15) is 4.87 Å². The van der Waals surface area contributed by atoms with E-state index in [0.717, 1.165) is 30.2 Å². The third-order valence-electron chi connectivity index (χ3n) is 2.99. The highest BCUT2D eigenvalue weighted by Crippen LogP contribution is 2.51. The van der Waals surface area contributed by atoms with Gasteiger partial charge in [-0.05, 0) is 13.3 Å². The Morgan fingerprint density at radius 1 is 1.77 bits per heavy atom. The molecule has 0 aromatic rings. The monoisotopic (exact) mass is 217 g/mol. The lowest BCUT2D eigenvalue weighted by atomic mass is 10.1. The van der Waals surface area contributed by atoms with Crippen molar-refractivity contribution >= 4 is 29.0 Å². The Hall–Kier alpha value is 0.200. The zero-order valence-electron chi connectivity index (χ0n) is 8.08. The van der Waals surface area contributed by atoms with Crippen LogP contribution in [0.1, 0.15) is 19.8 Å². The Labute approximate surface area is 89.0 Å². The molecule has 2 aliphatic rings. The SMILES string of the molecule is CCOC1CSC12CCC(=S)N2C. The molecule has 4 heteroatoms. The lowest BCUT2D eigenvalue weighted by Gasteiger charge is -2.50. The van der Waals surface area contributed by atoms with Crippen molar-refractivity contribution in [3.05, 3.63) is 0 Å². The fourth-order valence-electron chi connectivity index (χ4n) is 2.10. The molecule has 0 aromatic heterocycles. The first-order valence-electron chi connectivity index (χ1n) is 4.73. The van der Waals surface area contributed by atoms with Crippen LogP contribution < -0.4 is 0 Å². The second-order valence-corrected chi connectivity index (χ2v) is 5.35. The summed E-state index contributed by atoms with van der Waals surface area (Å²) in [6, 6.07) is 0. The Morgan fingerprint density at radius 2 is 2.54 bits per heavy atom. The predicted molar refractivity (Wildman–Crippen MR) is 60.2 cm³/mol.